The number of nitrogens with one attached hydrogen (secondary N) is 3. The van der Waals surface area contributed by atoms with Crippen LogP contribution in [0.15, 0.2) is 33.5 Å². The van der Waals surface area contributed by atoms with Crippen LogP contribution in [0.25, 0.3) is 0 Å². The maximum atomic E-state index is 11.5. The van der Waals surface area contributed by atoms with Crippen molar-refractivity contribution in [3.63, 3.8) is 0 Å². The van der Waals surface area contributed by atoms with Crippen molar-refractivity contribution in [3.05, 3.63) is 44.5 Å². The van der Waals surface area contributed by atoms with Crippen molar-refractivity contribution in [2.45, 2.75) is 13.3 Å². The minimum atomic E-state index is -0.277. The monoisotopic (exact) mass is 264 g/mol. The first-order valence-corrected chi connectivity index (χ1v) is 6.16. The van der Waals surface area contributed by atoms with Gasteiger partial charge in [0.1, 0.15) is 0 Å². The van der Waals surface area contributed by atoms with Crippen molar-refractivity contribution in [2.75, 3.05) is 0 Å². The Morgan fingerprint density at radius 3 is 2.94 bits per heavy atom. The maximum Gasteiger partial charge on any atom is 0.264 e. The highest BCUT2D eigenvalue weighted by atomic mass is 32.1. The minimum absolute atomic E-state index is 0.0833. The fourth-order valence-electron chi connectivity index (χ4n) is 1.37. The number of aromatic nitrogens is 2. The number of thiophene rings is 1. The molecule has 0 aliphatic heterocycles. The molecule has 94 valence electrons. The first-order chi connectivity index (χ1) is 8.65. The summed E-state index contributed by atoms with van der Waals surface area (Å²) >= 11 is 1.56. The summed E-state index contributed by atoms with van der Waals surface area (Å²) in [6, 6.07) is 5.19. The number of carbonyl (C=O) groups is 1. The molecule has 2 rings (SSSR count). The molecule has 0 aliphatic carbocycles. The molecule has 2 aromatic heterocycles. The lowest BCUT2D eigenvalue weighted by atomic mass is 10.3. The lowest BCUT2D eigenvalue weighted by Gasteiger charge is -1.99. The van der Waals surface area contributed by atoms with Gasteiger partial charge in [-0.05, 0) is 18.4 Å². The van der Waals surface area contributed by atoms with Gasteiger partial charge in [0, 0.05) is 16.6 Å². The lowest BCUT2D eigenvalue weighted by Crippen LogP contribution is -2.21. The predicted molar refractivity (Wildman–Crippen MR) is 69.8 cm³/mol. The van der Waals surface area contributed by atoms with Crippen LogP contribution < -0.4 is 11.0 Å². The second-order valence-electron chi connectivity index (χ2n) is 3.67. The van der Waals surface area contributed by atoms with Gasteiger partial charge in [-0.25, -0.2) is 5.43 Å². The first kappa shape index (κ1) is 12.3. The molecule has 0 radical (unpaired) electrons. The zero-order chi connectivity index (χ0) is 13.0. The third-order valence-corrected chi connectivity index (χ3v) is 3.21. The van der Waals surface area contributed by atoms with Gasteiger partial charge in [0.2, 0.25) is 5.91 Å². The van der Waals surface area contributed by atoms with E-state index in [1.807, 2.05) is 24.4 Å². The van der Waals surface area contributed by atoms with Crippen LogP contribution in [0, 0.1) is 0 Å². The van der Waals surface area contributed by atoms with E-state index in [0.717, 1.165) is 10.6 Å². The number of hydrogen-bond acceptors (Lipinski definition) is 4. The summed E-state index contributed by atoms with van der Waals surface area (Å²) in [5, 5.41) is 10.9. The molecule has 0 aliphatic rings. The van der Waals surface area contributed by atoms with Crippen LogP contribution in [-0.4, -0.2) is 21.8 Å². The van der Waals surface area contributed by atoms with Gasteiger partial charge in [-0.2, -0.15) is 5.10 Å². The van der Waals surface area contributed by atoms with Crippen LogP contribution in [0.4, 0.5) is 0 Å². The van der Waals surface area contributed by atoms with E-state index in [0.29, 0.717) is 5.69 Å². The van der Waals surface area contributed by atoms with Crippen molar-refractivity contribution < 1.29 is 4.79 Å². The molecule has 2 aromatic rings. The zero-order valence-electron chi connectivity index (χ0n) is 9.69. The van der Waals surface area contributed by atoms with E-state index in [1.165, 1.54) is 6.07 Å². The summed E-state index contributed by atoms with van der Waals surface area (Å²) in [5.41, 5.74) is 3.47. The minimum Gasteiger partial charge on any atom is -0.302 e. The number of hydrogen-bond donors (Lipinski definition) is 3. The van der Waals surface area contributed by atoms with Gasteiger partial charge in [0.05, 0.1) is 12.1 Å². The molecule has 18 heavy (non-hydrogen) atoms. The number of carbonyl (C=O) groups excluding carboxylic acids is 1. The molecular formula is C11H12N4O2S. The number of H-pyrrole nitrogens is 2. The Hall–Kier alpha value is -2.15. The Morgan fingerprint density at radius 2 is 2.33 bits per heavy atom. The zero-order valence-corrected chi connectivity index (χ0v) is 10.5. The van der Waals surface area contributed by atoms with Gasteiger partial charge >= 0.3 is 0 Å². The number of amides is 1. The van der Waals surface area contributed by atoms with Crippen molar-refractivity contribution >= 4 is 23.0 Å². The summed E-state index contributed by atoms with van der Waals surface area (Å²) < 4.78 is 0. The van der Waals surface area contributed by atoms with Gasteiger partial charge in [0.15, 0.2) is 0 Å². The Labute approximate surface area is 107 Å². The Morgan fingerprint density at radius 1 is 1.50 bits per heavy atom. The van der Waals surface area contributed by atoms with Crippen molar-refractivity contribution in [1.82, 2.24) is 15.6 Å². The maximum absolute atomic E-state index is 11.5. The summed E-state index contributed by atoms with van der Waals surface area (Å²) in [6.07, 6.45) is 0.0833. The molecule has 0 bridgehead atoms. The Balaban J connectivity index is 1.92. The predicted octanol–water partition coefficient (Wildman–Crippen LogP) is 0.847. The highest BCUT2D eigenvalue weighted by molar-refractivity contribution is 7.12. The summed E-state index contributed by atoms with van der Waals surface area (Å²) in [7, 11) is 0. The summed E-state index contributed by atoms with van der Waals surface area (Å²) in [5.74, 6) is -0.277. The van der Waals surface area contributed by atoms with Gasteiger partial charge < -0.3 is 5.10 Å². The fraction of sp³-hybridized carbons (Fsp3) is 0.182. The van der Waals surface area contributed by atoms with E-state index < -0.39 is 0 Å². The molecule has 0 unspecified atom stereocenters. The van der Waals surface area contributed by atoms with Crippen molar-refractivity contribution in [1.29, 1.82) is 0 Å². The molecule has 6 nitrogen and oxygen atoms in total. The topological polar surface area (TPSA) is 90.1 Å². The molecule has 0 spiro atoms. The normalized spacial score (nSPS) is 11.5. The summed E-state index contributed by atoms with van der Waals surface area (Å²) in [4.78, 5) is 23.4. The molecule has 0 saturated heterocycles. The molecule has 3 N–H and O–H groups in total. The molecule has 7 heteroatoms. The largest absolute Gasteiger partial charge is 0.302 e. The van der Waals surface area contributed by atoms with E-state index >= 15 is 0 Å². The van der Waals surface area contributed by atoms with E-state index in [-0.39, 0.29) is 17.9 Å². The van der Waals surface area contributed by atoms with Crippen molar-refractivity contribution in [3.8, 4) is 0 Å². The average molecular weight is 264 g/mol. The number of nitrogens with zero attached hydrogens (tertiary/aromatic N) is 1. The van der Waals surface area contributed by atoms with E-state index in [1.54, 1.807) is 11.3 Å². The first-order valence-electron chi connectivity index (χ1n) is 5.29. The number of rotatable bonds is 4. The van der Waals surface area contributed by atoms with Gasteiger partial charge in [-0.3, -0.25) is 14.7 Å². The third kappa shape index (κ3) is 3.17. The van der Waals surface area contributed by atoms with Crippen LogP contribution in [0.5, 0.6) is 0 Å². The quantitative estimate of drug-likeness (QED) is 0.564. The highest BCUT2D eigenvalue weighted by Crippen LogP contribution is 2.09. The number of aromatic amines is 2. The fourth-order valence-corrected chi connectivity index (χ4v) is 2.04. The van der Waals surface area contributed by atoms with Gasteiger partial charge in [-0.1, -0.05) is 6.07 Å². The molecule has 0 saturated carbocycles. The smallest absolute Gasteiger partial charge is 0.264 e. The Kier molecular flexibility index (Phi) is 3.73. The molecule has 0 atom stereocenters. The summed E-state index contributed by atoms with van der Waals surface area (Å²) in [6.45, 7) is 1.82. The van der Waals surface area contributed by atoms with Crippen LogP contribution in [0.2, 0.25) is 0 Å². The molecule has 1 amide bonds. The SMILES string of the molecule is C/C(=N/NC(=O)Cc1cc(=O)[nH][nH]1)c1cccs1. The van der Waals surface area contributed by atoms with Crippen LogP contribution >= 0.6 is 11.3 Å². The third-order valence-electron chi connectivity index (χ3n) is 2.23. The molecule has 2 heterocycles. The average Bonchev–Trinajstić information content (AvgIpc) is 2.97. The van der Waals surface area contributed by atoms with E-state index in [2.05, 4.69) is 20.7 Å². The lowest BCUT2D eigenvalue weighted by molar-refractivity contribution is -0.120. The van der Waals surface area contributed by atoms with Crippen LogP contribution in [0.3, 0.4) is 0 Å². The van der Waals surface area contributed by atoms with Crippen LogP contribution in [0.1, 0.15) is 17.5 Å². The second-order valence-corrected chi connectivity index (χ2v) is 4.62. The Bertz CT molecular complexity index is 609. The van der Waals surface area contributed by atoms with Gasteiger partial charge in [-0.15, -0.1) is 11.3 Å². The van der Waals surface area contributed by atoms with Crippen LogP contribution in [-0.2, 0) is 11.2 Å². The standard InChI is InChI=1S/C11H12N4O2S/c1-7(9-3-2-4-18-9)12-14-10(16)5-8-6-11(17)15-13-8/h2-4,6H,5H2,1H3,(H,14,16)(H2,13,15,17)/b12-7-. The molecular weight excluding hydrogens is 252 g/mol. The van der Waals surface area contributed by atoms with Crippen molar-refractivity contribution in [2.24, 2.45) is 5.10 Å². The van der Waals surface area contributed by atoms with E-state index in [9.17, 15) is 9.59 Å². The highest BCUT2D eigenvalue weighted by Gasteiger charge is 2.05. The second kappa shape index (κ2) is 5.46. The molecule has 0 aromatic carbocycles. The molecule has 0 fully saturated rings. The number of hydrazone groups is 1. The van der Waals surface area contributed by atoms with E-state index in [4.69, 9.17) is 0 Å². The van der Waals surface area contributed by atoms with Gasteiger partial charge in [0.25, 0.3) is 5.56 Å².